The summed E-state index contributed by atoms with van der Waals surface area (Å²) in [5.74, 6) is 0.245. The zero-order valence-electron chi connectivity index (χ0n) is 17.9. The van der Waals surface area contributed by atoms with Gasteiger partial charge < -0.3 is 10.3 Å². The van der Waals surface area contributed by atoms with E-state index < -0.39 is 10.0 Å². The molecular formula is C24H24N4O3S2. The fraction of sp³-hybridized carbons (Fsp3) is 0.250. The molecule has 1 aliphatic rings. The van der Waals surface area contributed by atoms with Crippen LogP contribution in [0.5, 0.6) is 0 Å². The summed E-state index contributed by atoms with van der Waals surface area (Å²) in [6, 6.07) is 18.6. The molecule has 0 spiro atoms. The quantitative estimate of drug-likeness (QED) is 0.436. The summed E-state index contributed by atoms with van der Waals surface area (Å²) in [4.78, 5) is 21.8. The van der Waals surface area contributed by atoms with Crippen LogP contribution in [0.3, 0.4) is 0 Å². The number of imidazole rings is 1. The molecule has 3 heterocycles. The molecule has 1 aliphatic heterocycles. The van der Waals surface area contributed by atoms with E-state index in [1.807, 2.05) is 47.8 Å². The van der Waals surface area contributed by atoms with Gasteiger partial charge in [-0.1, -0.05) is 36.4 Å². The van der Waals surface area contributed by atoms with E-state index in [0.717, 1.165) is 10.4 Å². The van der Waals surface area contributed by atoms with Gasteiger partial charge in [-0.3, -0.25) is 4.79 Å². The van der Waals surface area contributed by atoms with Gasteiger partial charge in [-0.2, -0.15) is 4.31 Å². The summed E-state index contributed by atoms with van der Waals surface area (Å²) < 4.78 is 28.2. The van der Waals surface area contributed by atoms with E-state index in [1.54, 1.807) is 29.5 Å². The molecule has 0 unspecified atom stereocenters. The average Bonchev–Trinajstić information content (AvgIpc) is 3.52. The molecule has 1 saturated heterocycles. The predicted molar refractivity (Wildman–Crippen MR) is 129 cm³/mol. The van der Waals surface area contributed by atoms with Crippen LogP contribution >= 0.6 is 11.3 Å². The van der Waals surface area contributed by atoms with Gasteiger partial charge in [0, 0.05) is 23.5 Å². The number of H-pyrrole nitrogens is 1. The highest BCUT2D eigenvalue weighted by molar-refractivity contribution is 7.89. The van der Waals surface area contributed by atoms with E-state index in [-0.39, 0.29) is 23.3 Å². The second-order valence-electron chi connectivity index (χ2n) is 8.13. The van der Waals surface area contributed by atoms with Crippen LogP contribution in [0.25, 0.3) is 22.4 Å². The molecule has 0 bridgehead atoms. The number of hydrogen-bond acceptors (Lipinski definition) is 5. The van der Waals surface area contributed by atoms with Gasteiger partial charge in [-0.05, 0) is 42.5 Å². The van der Waals surface area contributed by atoms with E-state index in [9.17, 15) is 13.2 Å². The molecule has 2 aromatic carbocycles. The number of thiophene rings is 1. The predicted octanol–water partition coefficient (Wildman–Crippen LogP) is 4.01. The topological polar surface area (TPSA) is 95.2 Å². The first kappa shape index (κ1) is 21.8. The van der Waals surface area contributed by atoms with Crippen LogP contribution in [0.1, 0.15) is 17.7 Å². The summed E-state index contributed by atoms with van der Waals surface area (Å²) in [6.45, 7) is 1.07. The number of sulfonamides is 1. The zero-order chi connectivity index (χ0) is 22.8. The lowest BCUT2D eigenvalue weighted by atomic mass is 9.99. The standard InChI is InChI=1S/C24H24N4O3S2/c29-24(25-15-19-9-5-13-32-19)18-8-4-12-28(16-18)33(30,31)20-10-11-21-22(14-20)27-23(26-21)17-6-2-1-3-7-17/h1-3,5-7,9-11,13-14,18H,4,8,12,15-16H2,(H,25,29)(H,26,27)/t18-/m1/s1. The Morgan fingerprint density at radius 1 is 1.15 bits per heavy atom. The lowest BCUT2D eigenvalue weighted by molar-refractivity contribution is -0.126. The van der Waals surface area contributed by atoms with Crippen LogP contribution in [0.4, 0.5) is 0 Å². The summed E-state index contributed by atoms with van der Waals surface area (Å²) in [7, 11) is -3.73. The van der Waals surface area contributed by atoms with Gasteiger partial charge in [0.2, 0.25) is 15.9 Å². The first-order chi connectivity index (χ1) is 16.0. The lowest BCUT2D eigenvalue weighted by Crippen LogP contribution is -2.45. The summed E-state index contributed by atoms with van der Waals surface area (Å²) in [5, 5.41) is 4.91. The Kier molecular flexibility index (Phi) is 6.01. The molecule has 170 valence electrons. The Morgan fingerprint density at radius 2 is 2.00 bits per heavy atom. The molecule has 0 saturated carbocycles. The van der Waals surface area contributed by atoms with Gasteiger partial charge in [0.25, 0.3) is 0 Å². The van der Waals surface area contributed by atoms with Crippen molar-refractivity contribution in [3.05, 3.63) is 70.9 Å². The van der Waals surface area contributed by atoms with Crippen molar-refractivity contribution >= 4 is 38.3 Å². The number of carbonyl (C=O) groups is 1. The monoisotopic (exact) mass is 480 g/mol. The molecule has 33 heavy (non-hydrogen) atoms. The minimum absolute atomic E-state index is 0.0974. The maximum Gasteiger partial charge on any atom is 0.243 e. The van der Waals surface area contributed by atoms with E-state index in [0.29, 0.717) is 42.8 Å². The highest BCUT2D eigenvalue weighted by Crippen LogP contribution is 2.27. The van der Waals surface area contributed by atoms with Gasteiger partial charge in [-0.15, -0.1) is 11.3 Å². The molecule has 9 heteroatoms. The lowest BCUT2D eigenvalue weighted by Gasteiger charge is -2.31. The smallest absolute Gasteiger partial charge is 0.243 e. The van der Waals surface area contributed by atoms with Crippen LogP contribution in [-0.2, 0) is 21.4 Å². The molecule has 0 aliphatic carbocycles. The molecule has 1 atom stereocenters. The van der Waals surface area contributed by atoms with Gasteiger partial charge >= 0.3 is 0 Å². The second kappa shape index (κ2) is 9.09. The van der Waals surface area contributed by atoms with Gasteiger partial charge in [0.15, 0.2) is 0 Å². The molecule has 2 aromatic heterocycles. The largest absolute Gasteiger partial charge is 0.351 e. The first-order valence-corrected chi connectivity index (χ1v) is 13.2. The van der Waals surface area contributed by atoms with Gasteiger partial charge in [-0.25, -0.2) is 13.4 Å². The van der Waals surface area contributed by atoms with Crippen molar-refractivity contribution in [2.24, 2.45) is 5.92 Å². The number of carbonyl (C=O) groups excluding carboxylic acids is 1. The van der Waals surface area contributed by atoms with Crippen molar-refractivity contribution in [3.8, 4) is 11.4 Å². The molecule has 7 nitrogen and oxygen atoms in total. The molecule has 4 aromatic rings. The molecular weight excluding hydrogens is 456 g/mol. The van der Waals surface area contributed by atoms with E-state index in [4.69, 9.17) is 0 Å². The number of fused-ring (bicyclic) bond motifs is 1. The molecule has 5 rings (SSSR count). The number of piperidine rings is 1. The minimum atomic E-state index is -3.73. The normalized spacial score (nSPS) is 17.3. The molecule has 1 fully saturated rings. The fourth-order valence-electron chi connectivity index (χ4n) is 4.14. The first-order valence-electron chi connectivity index (χ1n) is 10.9. The minimum Gasteiger partial charge on any atom is -0.351 e. The Bertz CT molecular complexity index is 1370. The second-order valence-corrected chi connectivity index (χ2v) is 11.1. The van der Waals surface area contributed by atoms with Crippen LogP contribution in [-0.4, -0.2) is 41.7 Å². The summed E-state index contributed by atoms with van der Waals surface area (Å²) in [5.41, 5.74) is 2.31. The van der Waals surface area contributed by atoms with Gasteiger partial charge in [0.05, 0.1) is 28.4 Å². The van der Waals surface area contributed by atoms with Crippen molar-refractivity contribution in [3.63, 3.8) is 0 Å². The number of aromatic nitrogens is 2. The molecule has 0 radical (unpaired) electrons. The Balaban J connectivity index is 1.33. The molecule has 2 N–H and O–H groups in total. The van der Waals surface area contributed by atoms with Crippen LogP contribution < -0.4 is 5.32 Å². The Labute approximate surface area is 196 Å². The van der Waals surface area contributed by atoms with Crippen LogP contribution in [0, 0.1) is 5.92 Å². The highest BCUT2D eigenvalue weighted by atomic mass is 32.2. The maximum atomic E-state index is 13.4. The van der Waals surface area contributed by atoms with Crippen molar-refractivity contribution in [1.29, 1.82) is 0 Å². The Hall–Kier alpha value is -3.01. The van der Waals surface area contributed by atoms with Crippen molar-refractivity contribution in [2.45, 2.75) is 24.3 Å². The van der Waals surface area contributed by atoms with Crippen molar-refractivity contribution < 1.29 is 13.2 Å². The highest BCUT2D eigenvalue weighted by Gasteiger charge is 2.33. The maximum absolute atomic E-state index is 13.4. The fourth-order valence-corrected chi connectivity index (χ4v) is 6.33. The zero-order valence-corrected chi connectivity index (χ0v) is 19.5. The van der Waals surface area contributed by atoms with E-state index >= 15 is 0 Å². The van der Waals surface area contributed by atoms with Crippen molar-refractivity contribution in [1.82, 2.24) is 19.6 Å². The third-order valence-corrected chi connectivity index (χ3v) is 8.65. The number of benzene rings is 2. The number of amides is 1. The SMILES string of the molecule is O=C(NCc1cccs1)[C@@H]1CCCN(S(=O)(=O)c2ccc3nc(-c4ccccc4)[nH]c3c2)C1. The number of rotatable bonds is 6. The van der Waals surface area contributed by atoms with Crippen LogP contribution in [0.15, 0.2) is 70.9 Å². The number of hydrogen-bond donors (Lipinski definition) is 2. The molecule has 1 amide bonds. The average molecular weight is 481 g/mol. The number of aromatic amines is 1. The van der Waals surface area contributed by atoms with E-state index in [2.05, 4.69) is 15.3 Å². The number of nitrogens with zero attached hydrogens (tertiary/aromatic N) is 2. The van der Waals surface area contributed by atoms with E-state index in [1.165, 1.54) is 4.31 Å². The Morgan fingerprint density at radius 3 is 2.79 bits per heavy atom. The summed E-state index contributed by atoms with van der Waals surface area (Å²) >= 11 is 1.59. The third kappa shape index (κ3) is 4.57. The van der Waals surface area contributed by atoms with Gasteiger partial charge in [0.1, 0.15) is 5.82 Å². The van der Waals surface area contributed by atoms with Crippen LogP contribution in [0.2, 0.25) is 0 Å². The third-order valence-electron chi connectivity index (χ3n) is 5.91. The number of nitrogens with one attached hydrogen (secondary N) is 2. The summed E-state index contributed by atoms with van der Waals surface area (Å²) in [6.07, 6.45) is 1.34. The van der Waals surface area contributed by atoms with Crippen molar-refractivity contribution in [2.75, 3.05) is 13.1 Å².